The van der Waals surface area contributed by atoms with Gasteiger partial charge in [-0.15, -0.1) is 0 Å². The molecule has 0 radical (unpaired) electrons. The lowest BCUT2D eigenvalue weighted by molar-refractivity contribution is -0.151. The largest absolute Gasteiger partial charge is 0.468 e. The fourth-order valence-electron chi connectivity index (χ4n) is 5.18. The Bertz CT molecular complexity index is 676. The molecule has 0 amide bonds. The Balaban J connectivity index is 1.92. The fourth-order valence-corrected chi connectivity index (χ4v) is 5.18. The van der Waals surface area contributed by atoms with Crippen LogP contribution in [0.15, 0.2) is 22.8 Å². The summed E-state index contributed by atoms with van der Waals surface area (Å²) in [6, 6.07) is 0. The molecule has 1 N–H and O–H groups in total. The van der Waals surface area contributed by atoms with Gasteiger partial charge in [0.25, 0.3) is 0 Å². The molecular formula is C21H30O5. The van der Waals surface area contributed by atoms with Crippen LogP contribution in [0.2, 0.25) is 0 Å². The molecule has 0 fully saturated rings. The minimum absolute atomic E-state index is 0.0461. The number of esters is 2. The van der Waals surface area contributed by atoms with Crippen LogP contribution in [0, 0.1) is 16.7 Å². The second-order valence-corrected chi connectivity index (χ2v) is 8.50. The number of allylic oxidation sites excluding steroid dienone is 1. The third-order valence-electron chi connectivity index (χ3n) is 7.16. The molecule has 3 rings (SSSR count). The van der Waals surface area contributed by atoms with E-state index in [1.165, 1.54) is 24.3 Å². The van der Waals surface area contributed by atoms with E-state index in [0.717, 1.165) is 38.5 Å². The molecule has 2 aliphatic carbocycles. The number of aliphatic hydroxyl groups excluding tert-OH is 1. The number of aliphatic hydroxyl groups is 1. The van der Waals surface area contributed by atoms with Crippen LogP contribution in [0.4, 0.5) is 0 Å². The lowest BCUT2D eigenvalue weighted by atomic mass is 9.55. The summed E-state index contributed by atoms with van der Waals surface area (Å²) in [5.41, 5.74) is 2.76. The van der Waals surface area contributed by atoms with Crippen molar-refractivity contribution >= 4 is 11.9 Å². The molecule has 0 aromatic heterocycles. The molecule has 26 heavy (non-hydrogen) atoms. The van der Waals surface area contributed by atoms with E-state index in [1.54, 1.807) is 0 Å². The number of methoxy groups -OCH3 is 1. The zero-order valence-electron chi connectivity index (χ0n) is 16.3. The fraction of sp³-hybridized carbons (Fsp3) is 0.714. The number of hydrogen-bond donors (Lipinski definition) is 1. The van der Waals surface area contributed by atoms with E-state index in [2.05, 4.69) is 13.8 Å². The highest BCUT2D eigenvalue weighted by Gasteiger charge is 2.49. The van der Waals surface area contributed by atoms with E-state index in [1.807, 2.05) is 6.92 Å². The van der Waals surface area contributed by atoms with E-state index in [4.69, 9.17) is 9.47 Å². The number of rotatable bonds is 4. The van der Waals surface area contributed by atoms with Crippen LogP contribution < -0.4 is 0 Å². The first kappa shape index (κ1) is 19.2. The van der Waals surface area contributed by atoms with Gasteiger partial charge < -0.3 is 14.6 Å². The van der Waals surface area contributed by atoms with Crippen molar-refractivity contribution in [2.24, 2.45) is 16.7 Å². The maximum atomic E-state index is 12.5. The van der Waals surface area contributed by atoms with Gasteiger partial charge >= 0.3 is 11.9 Å². The van der Waals surface area contributed by atoms with Gasteiger partial charge in [0.15, 0.2) is 0 Å². The van der Waals surface area contributed by atoms with Crippen molar-refractivity contribution in [3.05, 3.63) is 22.8 Å². The molecule has 0 saturated carbocycles. The van der Waals surface area contributed by atoms with Crippen molar-refractivity contribution in [3.63, 3.8) is 0 Å². The standard InChI is InChI=1S/C21H30O5/c1-13-7-8-16-15(6-5-10-21(16,3)19(24)25-4)20(13,2)11-9-14-12-17(22)26-18(14)23/h12-13,18,23H,5-11H2,1-4H3/t13-,18-,20+,21-/m1/s1. The van der Waals surface area contributed by atoms with Gasteiger partial charge in [0.05, 0.1) is 12.5 Å². The van der Waals surface area contributed by atoms with E-state index in [-0.39, 0.29) is 11.4 Å². The smallest absolute Gasteiger partial charge is 0.333 e. The molecule has 0 aromatic carbocycles. The number of hydrogen-bond acceptors (Lipinski definition) is 5. The van der Waals surface area contributed by atoms with Crippen LogP contribution in [0.1, 0.15) is 65.7 Å². The third kappa shape index (κ3) is 3.00. The normalized spacial score (nSPS) is 37.1. The van der Waals surface area contributed by atoms with Crippen molar-refractivity contribution in [2.75, 3.05) is 7.11 Å². The highest BCUT2D eigenvalue weighted by atomic mass is 16.6. The van der Waals surface area contributed by atoms with Crippen molar-refractivity contribution in [2.45, 2.75) is 72.0 Å². The molecule has 0 spiro atoms. The lowest BCUT2D eigenvalue weighted by Crippen LogP contribution is -2.42. The number of cyclic esters (lactones) is 1. The van der Waals surface area contributed by atoms with Gasteiger partial charge in [0, 0.05) is 11.6 Å². The third-order valence-corrected chi connectivity index (χ3v) is 7.16. The van der Waals surface area contributed by atoms with Gasteiger partial charge in [0.1, 0.15) is 0 Å². The number of ether oxygens (including phenoxy) is 2. The lowest BCUT2D eigenvalue weighted by Gasteiger charge is -2.49. The SMILES string of the molecule is COC(=O)[C@]1(C)CCCC2=C1CC[C@@H](C)[C@]2(C)CCC1=CC(=O)O[C@H]1O. The number of carbonyl (C=O) groups excluding carboxylic acids is 2. The van der Waals surface area contributed by atoms with Crippen LogP contribution in [0.5, 0.6) is 0 Å². The molecular weight excluding hydrogens is 332 g/mol. The molecule has 0 aromatic rings. The Labute approximate surface area is 155 Å². The predicted molar refractivity (Wildman–Crippen MR) is 96.9 cm³/mol. The minimum atomic E-state index is -1.11. The Morgan fingerprint density at radius 3 is 2.69 bits per heavy atom. The second-order valence-electron chi connectivity index (χ2n) is 8.50. The molecule has 144 valence electrons. The summed E-state index contributed by atoms with van der Waals surface area (Å²) < 4.78 is 9.94. The molecule has 3 aliphatic rings. The van der Waals surface area contributed by atoms with E-state index in [9.17, 15) is 14.7 Å². The highest BCUT2D eigenvalue weighted by Crippen LogP contribution is 2.57. The predicted octanol–water partition coefficient (Wildman–Crippen LogP) is 3.66. The minimum Gasteiger partial charge on any atom is -0.468 e. The van der Waals surface area contributed by atoms with Gasteiger partial charge in [0.2, 0.25) is 6.29 Å². The van der Waals surface area contributed by atoms with E-state index >= 15 is 0 Å². The Morgan fingerprint density at radius 1 is 1.35 bits per heavy atom. The first-order valence-electron chi connectivity index (χ1n) is 9.63. The Hall–Kier alpha value is -1.62. The van der Waals surface area contributed by atoms with Gasteiger partial charge in [-0.3, -0.25) is 4.79 Å². The van der Waals surface area contributed by atoms with Crippen molar-refractivity contribution in [1.29, 1.82) is 0 Å². The molecule has 1 heterocycles. The van der Waals surface area contributed by atoms with E-state index < -0.39 is 17.7 Å². The second kappa shape index (κ2) is 6.84. The van der Waals surface area contributed by atoms with Crippen LogP contribution in [0.3, 0.4) is 0 Å². The van der Waals surface area contributed by atoms with Crippen LogP contribution in [-0.4, -0.2) is 30.4 Å². The summed E-state index contributed by atoms with van der Waals surface area (Å²) in [6.45, 7) is 6.58. The summed E-state index contributed by atoms with van der Waals surface area (Å²) >= 11 is 0. The maximum absolute atomic E-state index is 12.5. The zero-order valence-corrected chi connectivity index (χ0v) is 16.3. The zero-order chi connectivity index (χ0) is 19.1. The average molecular weight is 362 g/mol. The van der Waals surface area contributed by atoms with Crippen molar-refractivity contribution < 1.29 is 24.2 Å². The van der Waals surface area contributed by atoms with Crippen LogP contribution in [0.25, 0.3) is 0 Å². The Kier molecular flexibility index (Phi) is 5.04. The average Bonchev–Trinajstić information content (AvgIpc) is 2.93. The van der Waals surface area contributed by atoms with Crippen LogP contribution >= 0.6 is 0 Å². The molecule has 0 unspecified atom stereocenters. The van der Waals surface area contributed by atoms with Gasteiger partial charge in [-0.1, -0.05) is 25.0 Å². The number of carbonyl (C=O) groups is 2. The molecule has 1 aliphatic heterocycles. The molecule has 0 bridgehead atoms. The van der Waals surface area contributed by atoms with Gasteiger partial charge in [-0.05, 0) is 63.2 Å². The Morgan fingerprint density at radius 2 is 2.08 bits per heavy atom. The summed E-state index contributed by atoms with van der Waals surface area (Å²) in [5, 5.41) is 9.87. The van der Waals surface area contributed by atoms with E-state index in [0.29, 0.717) is 17.9 Å². The summed E-state index contributed by atoms with van der Waals surface area (Å²) in [7, 11) is 1.47. The first-order chi connectivity index (χ1) is 12.2. The quantitative estimate of drug-likeness (QED) is 0.610. The molecule has 0 saturated heterocycles. The molecule has 5 nitrogen and oxygen atoms in total. The summed E-state index contributed by atoms with van der Waals surface area (Å²) in [6.07, 6.45) is 6.60. The molecule has 5 heteroatoms. The maximum Gasteiger partial charge on any atom is 0.333 e. The van der Waals surface area contributed by atoms with Gasteiger partial charge in [-0.25, -0.2) is 4.79 Å². The van der Waals surface area contributed by atoms with Crippen molar-refractivity contribution in [3.8, 4) is 0 Å². The first-order valence-corrected chi connectivity index (χ1v) is 9.63. The summed E-state index contributed by atoms with van der Waals surface area (Å²) in [4.78, 5) is 23.9. The highest BCUT2D eigenvalue weighted by molar-refractivity contribution is 5.85. The van der Waals surface area contributed by atoms with Gasteiger partial charge in [-0.2, -0.15) is 0 Å². The molecule has 4 atom stereocenters. The van der Waals surface area contributed by atoms with Crippen molar-refractivity contribution in [1.82, 2.24) is 0 Å². The topological polar surface area (TPSA) is 72.8 Å². The summed E-state index contributed by atoms with van der Waals surface area (Å²) in [5.74, 6) is -0.114. The monoisotopic (exact) mass is 362 g/mol. The van der Waals surface area contributed by atoms with Crippen LogP contribution in [-0.2, 0) is 19.1 Å².